The first-order valence-corrected chi connectivity index (χ1v) is 13.2. The lowest BCUT2D eigenvalue weighted by Crippen LogP contribution is -2.48. The van der Waals surface area contributed by atoms with Gasteiger partial charge >= 0.3 is 6.03 Å². The van der Waals surface area contributed by atoms with E-state index in [1.165, 1.54) is 4.90 Å². The minimum absolute atomic E-state index is 0.0196. The topological polar surface area (TPSA) is 104 Å². The number of hydrogen-bond donors (Lipinski definition) is 1. The molecule has 0 saturated carbocycles. The maximum Gasteiger partial charge on any atom is 0.325 e. The summed E-state index contributed by atoms with van der Waals surface area (Å²) in [5.41, 5.74) is 1.31. The summed E-state index contributed by atoms with van der Waals surface area (Å²) in [6, 6.07) is 15.5. The molecule has 0 radical (unpaired) electrons. The summed E-state index contributed by atoms with van der Waals surface area (Å²) in [5.74, 6) is -1.03. The third-order valence-electron chi connectivity index (χ3n) is 6.71. The smallest absolute Gasteiger partial charge is 0.325 e. The van der Waals surface area contributed by atoms with E-state index in [1.807, 2.05) is 68.4 Å². The third-order valence-corrected chi connectivity index (χ3v) is 8.46. The molecule has 0 bridgehead atoms. The fraction of sp³-hybridized carbons (Fsp3) is 0.400. The van der Waals surface area contributed by atoms with E-state index >= 15 is 0 Å². The highest BCUT2D eigenvalue weighted by Gasteiger charge is 2.52. The second-order valence-electron chi connectivity index (χ2n) is 9.01. The Labute approximate surface area is 199 Å². The fourth-order valence-corrected chi connectivity index (χ4v) is 6.43. The lowest BCUT2D eigenvalue weighted by Gasteiger charge is -2.30. The van der Waals surface area contributed by atoms with Crippen molar-refractivity contribution in [3.8, 4) is 0 Å². The van der Waals surface area contributed by atoms with Crippen molar-refractivity contribution in [2.24, 2.45) is 0 Å². The van der Waals surface area contributed by atoms with Crippen LogP contribution in [0.5, 0.6) is 0 Å². The van der Waals surface area contributed by atoms with Crippen molar-refractivity contribution in [3.05, 3.63) is 71.3 Å². The van der Waals surface area contributed by atoms with Crippen LogP contribution in [-0.4, -0.2) is 60.2 Å². The van der Waals surface area contributed by atoms with Crippen molar-refractivity contribution in [1.29, 1.82) is 0 Å². The first kappa shape index (κ1) is 23.9. The molecule has 180 valence electrons. The van der Waals surface area contributed by atoms with E-state index in [0.717, 1.165) is 16.0 Å². The number of carbonyl (C=O) groups excluding carboxylic acids is 3. The molecular formula is C25H29N3O5S. The van der Waals surface area contributed by atoms with E-state index in [-0.39, 0.29) is 18.1 Å². The zero-order chi connectivity index (χ0) is 24.5. The molecule has 4 rings (SSSR count). The Morgan fingerprint density at radius 2 is 1.79 bits per heavy atom. The molecule has 34 heavy (non-hydrogen) atoms. The van der Waals surface area contributed by atoms with Gasteiger partial charge in [0.1, 0.15) is 12.1 Å². The molecule has 4 amide bonds. The number of carbonyl (C=O) groups is 3. The van der Waals surface area contributed by atoms with E-state index in [1.54, 1.807) is 0 Å². The molecule has 2 heterocycles. The maximum absolute atomic E-state index is 13.5. The number of nitrogens with zero attached hydrogens (tertiary/aromatic N) is 2. The van der Waals surface area contributed by atoms with Crippen LogP contribution in [-0.2, 0) is 31.5 Å². The second kappa shape index (κ2) is 9.21. The molecular weight excluding hydrogens is 454 g/mol. The van der Waals surface area contributed by atoms with Crippen LogP contribution in [0.3, 0.4) is 0 Å². The normalized spacial score (nSPS) is 23.7. The van der Waals surface area contributed by atoms with E-state index in [0.29, 0.717) is 18.4 Å². The Bertz CT molecular complexity index is 1200. The van der Waals surface area contributed by atoms with Crippen LogP contribution in [0.25, 0.3) is 0 Å². The first-order valence-electron chi connectivity index (χ1n) is 11.4. The van der Waals surface area contributed by atoms with E-state index < -0.39 is 45.8 Å². The lowest BCUT2D eigenvalue weighted by atomic mass is 9.86. The van der Waals surface area contributed by atoms with Crippen LogP contribution >= 0.6 is 0 Å². The molecule has 0 aromatic heterocycles. The standard InChI is InChI=1S/C25H29N3O5S/c1-3-25(20-11-9-18(2)10-12-20)23(30)28(24(31)26-25)16-22(29)27(15-19-7-5-4-6-8-19)21-13-14-34(32,33)17-21/h4-12,21H,3,13-17H2,1-2H3,(H,26,31)/t21-,25-/m1/s1. The van der Waals surface area contributed by atoms with Crippen molar-refractivity contribution in [2.75, 3.05) is 18.1 Å². The molecule has 2 aliphatic heterocycles. The van der Waals surface area contributed by atoms with Gasteiger partial charge in [-0.05, 0) is 30.9 Å². The maximum atomic E-state index is 13.5. The molecule has 1 N–H and O–H groups in total. The van der Waals surface area contributed by atoms with Gasteiger partial charge in [-0.3, -0.25) is 14.5 Å². The number of nitrogens with one attached hydrogen (secondary N) is 1. The summed E-state index contributed by atoms with van der Waals surface area (Å²) in [6.45, 7) is 3.52. The van der Waals surface area contributed by atoms with Gasteiger partial charge in [0.2, 0.25) is 5.91 Å². The van der Waals surface area contributed by atoms with Gasteiger partial charge in [-0.15, -0.1) is 0 Å². The van der Waals surface area contributed by atoms with E-state index in [2.05, 4.69) is 5.32 Å². The number of imide groups is 1. The Balaban J connectivity index is 1.58. The molecule has 2 aromatic rings. The van der Waals surface area contributed by atoms with Crippen LogP contribution in [0.2, 0.25) is 0 Å². The molecule has 2 aliphatic rings. The largest absolute Gasteiger partial charge is 0.333 e. The molecule has 2 saturated heterocycles. The Morgan fingerprint density at radius 1 is 1.12 bits per heavy atom. The number of amides is 4. The van der Waals surface area contributed by atoms with Crippen LogP contribution < -0.4 is 5.32 Å². The van der Waals surface area contributed by atoms with Crippen LogP contribution in [0, 0.1) is 6.92 Å². The summed E-state index contributed by atoms with van der Waals surface area (Å²) < 4.78 is 24.2. The number of urea groups is 1. The highest BCUT2D eigenvalue weighted by molar-refractivity contribution is 7.91. The van der Waals surface area contributed by atoms with Gasteiger partial charge in [0.25, 0.3) is 5.91 Å². The molecule has 9 heteroatoms. The Kier molecular flexibility index (Phi) is 6.49. The highest BCUT2D eigenvalue weighted by atomic mass is 32.2. The van der Waals surface area contributed by atoms with E-state index in [4.69, 9.17) is 0 Å². The third kappa shape index (κ3) is 4.57. The van der Waals surface area contributed by atoms with Crippen molar-refractivity contribution < 1.29 is 22.8 Å². The minimum Gasteiger partial charge on any atom is -0.333 e. The van der Waals surface area contributed by atoms with Crippen LogP contribution in [0.1, 0.15) is 36.5 Å². The summed E-state index contributed by atoms with van der Waals surface area (Å²) in [6.07, 6.45) is 0.670. The number of benzene rings is 2. The zero-order valence-corrected chi connectivity index (χ0v) is 20.2. The Morgan fingerprint density at radius 3 is 2.38 bits per heavy atom. The molecule has 2 aromatic carbocycles. The highest BCUT2D eigenvalue weighted by Crippen LogP contribution is 2.33. The molecule has 0 spiro atoms. The Hall–Kier alpha value is -3.20. The second-order valence-corrected chi connectivity index (χ2v) is 11.2. The number of hydrogen-bond acceptors (Lipinski definition) is 5. The van der Waals surface area contributed by atoms with Crippen molar-refractivity contribution in [1.82, 2.24) is 15.1 Å². The quantitative estimate of drug-likeness (QED) is 0.609. The molecule has 0 unspecified atom stereocenters. The summed E-state index contributed by atoms with van der Waals surface area (Å²) >= 11 is 0. The van der Waals surface area contributed by atoms with E-state index in [9.17, 15) is 22.8 Å². The molecule has 2 fully saturated rings. The summed E-state index contributed by atoms with van der Waals surface area (Å²) in [7, 11) is -3.23. The minimum atomic E-state index is -3.23. The van der Waals surface area contributed by atoms with Crippen molar-refractivity contribution in [3.63, 3.8) is 0 Å². The molecule has 2 atom stereocenters. The summed E-state index contributed by atoms with van der Waals surface area (Å²) in [5, 5.41) is 2.80. The SMILES string of the molecule is CC[C@]1(c2ccc(C)cc2)NC(=O)N(CC(=O)N(Cc2ccccc2)[C@@H]2CCS(=O)(=O)C2)C1=O. The lowest BCUT2D eigenvalue weighted by molar-refractivity contribution is -0.140. The first-order chi connectivity index (χ1) is 16.1. The van der Waals surface area contributed by atoms with Gasteiger partial charge in [0.05, 0.1) is 11.5 Å². The van der Waals surface area contributed by atoms with Crippen molar-refractivity contribution >= 4 is 27.7 Å². The summed E-state index contributed by atoms with van der Waals surface area (Å²) in [4.78, 5) is 42.2. The zero-order valence-electron chi connectivity index (χ0n) is 19.4. The average molecular weight is 484 g/mol. The predicted molar refractivity (Wildman–Crippen MR) is 127 cm³/mol. The monoisotopic (exact) mass is 483 g/mol. The predicted octanol–water partition coefficient (Wildman–Crippen LogP) is 2.37. The van der Waals surface area contributed by atoms with Gasteiger partial charge in [0, 0.05) is 12.6 Å². The average Bonchev–Trinajstić information content (AvgIpc) is 3.30. The number of sulfone groups is 1. The van der Waals surface area contributed by atoms with Crippen LogP contribution in [0.15, 0.2) is 54.6 Å². The van der Waals surface area contributed by atoms with Gasteiger partial charge in [-0.2, -0.15) is 0 Å². The fourth-order valence-electron chi connectivity index (χ4n) is 4.70. The van der Waals surface area contributed by atoms with Gasteiger partial charge < -0.3 is 10.2 Å². The molecule has 8 nitrogen and oxygen atoms in total. The van der Waals surface area contributed by atoms with Crippen molar-refractivity contribution in [2.45, 2.75) is 44.8 Å². The van der Waals surface area contributed by atoms with Crippen LogP contribution in [0.4, 0.5) is 4.79 Å². The molecule has 0 aliphatic carbocycles. The van der Waals surface area contributed by atoms with Gasteiger partial charge in [-0.1, -0.05) is 67.1 Å². The van der Waals surface area contributed by atoms with Gasteiger partial charge in [-0.25, -0.2) is 13.2 Å². The van der Waals surface area contributed by atoms with Gasteiger partial charge in [0.15, 0.2) is 9.84 Å². The number of rotatable bonds is 7. The number of aryl methyl sites for hydroxylation is 1.